The average Bonchev–Trinajstić information content (AvgIpc) is 3.09. The number of aliphatic imine (C=N–C) groups is 1. The second-order valence-electron chi connectivity index (χ2n) is 4.20. The summed E-state index contributed by atoms with van der Waals surface area (Å²) < 4.78 is 5.42. The normalized spacial score (nSPS) is 23.3. The zero-order valence-electron chi connectivity index (χ0n) is 10.3. The van der Waals surface area contributed by atoms with Crippen molar-refractivity contribution >= 4 is 5.96 Å². The molecule has 1 aliphatic carbocycles. The van der Waals surface area contributed by atoms with E-state index in [4.69, 9.17) is 10.5 Å². The zero-order chi connectivity index (χ0) is 12.3. The van der Waals surface area contributed by atoms with Crippen molar-refractivity contribution in [1.29, 1.82) is 0 Å². The van der Waals surface area contributed by atoms with E-state index in [0.29, 0.717) is 24.5 Å². The predicted octanol–water partition coefficient (Wildman–Crippen LogP) is 1.48. The molecular weight excluding hydrogens is 214 g/mol. The van der Waals surface area contributed by atoms with Crippen molar-refractivity contribution in [1.82, 2.24) is 5.32 Å². The topological polar surface area (TPSA) is 59.6 Å². The van der Waals surface area contributed by atoms with Crippen LogP contribution in [0.25, 0.3) is 0 Å². The molecule has 2 rings (SSSR count). The summed E-state index contributed by atoms with van der Waals surface area (Å²) >= 11 is 0. The van der Waals surface area contributed by atoms with Gasteiger partial charge in [-0.25, -0.2) is 0 Å². The van der Waals surface area contributed by atoms with Gasteiger partial charge in [0, 0.05) is 19.0 Å². The van der Waals surface area contributed by atoms with Crippen molar-refractivity contribution in [2.24, 2.45) is 10.7 Å². The van der Waals surface area contributed by atoms with Crippen LogP contribution in [0.1, 0.15) is 24.8 Å². The second-order valence-corrected chi connectivity index (χ2v) is 4.20. The Balaban J connectivity index is 1.92. The number of hydrogen-bond donors (Lipinski definition) is 2. The third-order valence-corrected chi connectivity index (χ3v) is 2.98. The van der Waals surface area contributed by atoms with E-state index in [-0.39, 0.29) is 0 Å². The number of nitrogens with two attached hydrogens (primary N) is 1. The number of benzene rings is 1. The van der Waals surface area contributed by atoms with Crippen molar-refractivity contribution in [2.45, 2.75) is 25.3 Å². The Morgan fingerprint density at radius 2 is 2.18 bits per heavy atom. The minimum Gasteiger partial charge on any atom is -0.494 e. The van der Waals surface area contributed by atoms with E-state index in [1.807, 2.05) is 19.1 Å². The summed E-state index contributed by atoms with van der Waals surface area (Å²) in [4.78, 5) is 3.90. The Bertz CT molecular complexity index is 400. The van der Waals surface area contributed by atoms with Gasteiger partial charge in [0.2, 0.25) is 0 Å². The first-order valence-corrected chi connectivity index (χ1v) is 5.96. The number of guanidine groups is 1. The van der Waals surface area contributed by atoms with Crippen molar-refractivity contribution in [3.05, 3.63) is 29.8 Å². The molecule has 0 radical (unpaired) electrons. The van der Waals surface area contributed by atoms with Crippen LogP contribution in [0.4, 0.5) is 0 Å². The van der Waals surface area contributed by atoms with Crippen LogP contribution in [-0.2, 0) is 0 Å². The lowest BCUT2D eigenvalue weighted by atomic mass is 10.1. The molecule has 1 aromatic carbocycles. The number of nitrogens with one attached hydrogen (secondary N) is 1. The molecule has 4 heteroatoms. The van der Waals surface area contributed by atoms with Crippen molar-refractivity contribution in [3.8, 4) is 5.75 Å². The molecule has 0 unspecified atom stereocenters. The summed E-state index contributed by atoms with van der Waals surface area (Å²) in [6, 6.07) is 8.71. The molecule has 0 aromatic heterocycles. The molecule has 0 aliphatic heterocycles. The second kappa shape index (κ2) is 5.08. The molecule has 4 nitrogen and oxygen atoms in total. The molecule has 1 aromatic rings. The molecule has 0 bridgehead atoms. The smallest absolute Gasteiger partial charge is 0.188 e. The molecule has 92 valence electrons. The lowest BCUT2D eigenvalue weighted by Crippen LogP contribution is -2.33. The van der Waals surface area contributed by atoms with E-state index in [2.05, 4.69) is 22.4 Å². The summed E-state index contributed by atoms with van der Waals surface area (Å²) in [6.45, 7) is 2.69. The Hall–Kier alpha value is -1.71. The molecule has 1 fully saturated rings. The van der Waals surface area contributed by atoms with Gasteiger partial charge in [-0.15, -0.1) is 0 Å². The Kier molecular flexibility index (Phi) is 3.52. The third kappa shape index (κ3) is 2.90. The van der Waals surface area contributed by atoms with Gasteiger partial charge in [-0.05, 0) is 31.0 Å². The first-order valence-electron chi connectivity index (χ1n) is 5.96. The Labute approximate surface area is 102 Å². The molecule has 0 heterocycles. The van der Waals surface area contributed by atoms with Crippen molar-refractivity contribution in [3.63, 3.8) is 0 Å². The summed E-state index contributed by atoms with van der Waals surface area (Å²) in [5, 5.41) is 3.19. The summed E-state index contributed by atoms with van der Waals surface area (Å²) in [5.41, 5.74) is 6.97. The quantitative estimate of drug-likeness (QED) is 0.611. The zero-order valence-corrected chi connectivity index (χ0v) is 10.3. The lowest BCUT2D eigenvalue weighted by molar-refractivity contribution is 0.340. The van der Waals surface area contributed by atoms with Gasteiger partial charge in [0.05, 0.1) is 6.61 Å². The van der Waals surface area contributed by atoms with Crippen LogP contribution in [0.5, 0.6) is 5.75 Å². The maximum atomic E-state index is 5.64. The molecule has 0 saturated heterocycles. The van der Waals surface area contributed by atoms with Crippen LogP contribution in [0, 0.1) is 0 Å². The highest BCUT2D eigenvalue weighted by Gasteiger charge is 2.38. The molecular formula is C13H19N3O. The maximum absolute atomic E-state index is 5.64. The number of ether oxygens (including phenoxy) is 1. The molecule has 17 heavy (non-hydrogen) atoms. The van der Waals surface area contributed by atoms with Crippen LogP contribution in [0.3, 0.4) is 0 Å². The Morgan fingerprint density at radius 3 is 2.76 bits per heavy atom. The summed E-state index contributed by atoms with van der Waals surface area (Å²) in [7, 11) is 1.69. The van der Waals surface area contributed by atoms with Crippen LogP contribution < -0.4 is 15.8 Å². The van der Waals surface area contributed by atoms with Crippen LogP contribution in [0.2, 0.25) is 0 Å². The molecule has 3 N–H and O–H groups in total. The minimum atomic E-state index is 0.427. The van der Waals surface area contributed by atoms with Crippen molar-refractivity contribution in [2.75, 3.05) is 13.7 Å². The first kappa shape index (κ1) is 11.8. The summed E-state index contributed by atoms with van der Waals surface area (Å²) in [6.07, 6.45) is 1.12. The van der Waals surface area contributed by atoms with E-state index >= 15 is 0 Å². The van der Waals surface area contributed by atoms with Gasteiger partial charge >= 0.3 is 0 Å². The van der Waals surface area contributed by atoms with E-state index in [0.717, 1.165) is 12.2 Å². The third-order valence-electron chi connectivity index (χ3n) is 2.98. The Morgan fingerprint density at radius 1 is 1.47 bits per heavy atom. The SMILES string of the molecule is CCOc1ccc([C@@H]2C[C@H]2NC(N)=NC)cc1. The standard InChI is InChI=1S/C13H19N3O/c1-3-17-10-6-4-9(5-7-10)11-8-12(11)16-13(14)15-2/h4-7,11-12H,3,8H2,1-2H3,(H3,14,15,16)/t11-,12+/m0/s1. The lowest BCUT2D eigenvalue weighted by Gasteiger charge is -2.06. The van der Waals surface area contributed by atoms with Crippen LogP contribution >= 0.6 is 0 Å². The number of nitrogens with zero attached hydrogens (tertiary/aromatic N) is 1. The first-order chi connectivity index (χ1) is 8.24. The highest BCUT2D eigenvalue weighted by molar-refractivity contribution is 5.78. The van der Waals surface area contributed by atoms with Gasteiger partial charge in [0.15, 0.2) is 5.96 Å². The fourth-order valence-electron chi connectivity index (χ4n) is 1.96. The van der Waals surface area contributed by atoms with E-state index in [9.17, 15) is 0 Å². The molecule has 0 spiro atoms. The number of hydrogen-bond acceptors (Lipinski definition) is 2. The monoisotopic (exact) mass is 233 g/mol. The van der Waals surface area contributed by atoms with Crippen LogP contribution in [-0.4, -0.2) is 25.7 Å². The van der Waals surface area contributed by atoms with Gasteiger partial charge in [-0.3, -0.25) is 4.99 Å². The van der Waals surface area contributed by atoms with Gasteiger partial charge in [0.25, 0.3) is 0 Å². The fourth-order valence-corrected chi connectivity index (χ4v) is 1.96. The molecule has 2 atom stereocenters. The van der Waals surface area contributed by atoms with E-state index < -0.39 is 0 Å². The van der Waals surface area contributed by atoms with Crippen LogP contribution in [0.15, 0.2) is 29.3 Å². The number of rotatable bonds is 4. The van der Waals surface area contributed by atoms with E-state index in [1.54, 1.807) is 7.05 Å². The van der Waals surface area contributed by atoms with E-state index in [1.165, 1.54) is 5.56 Å². The molecule has 1 aliphatic rings. The predicted molar refractivity (Wildman–Crippen MR) is 69.4 cm³/mol. The maximum Gasteiger partial charge on any atom is 0.188 e. The highest BCUT2D eigenvalue weighted by atomic mass is 16.5. The average molecular weight is 233 g/mol. The molecule has 1 saturated carbocycles. The van der Waals surface area contributed by atoms with Gasteiger partial charge in [0.1, 0.15) is 5.75 Å². The largest absolute Gasteiger partial charge is 0.494 e. The summed E-state index contributed by atoms with van der Waals surface area (Å²) in [5.74, 6) is 1.99. The van der Waals surface area contributed by atoms with Gasteiger partial charge in [-0.1, -0.05) is 12.1 Å². The minimum absolute atomic E-state index is 0.427. The molecule has 0 amide bonds. The highest BCUT2D eigenvalue weighted by Crippen LogP contribution is 2.41. The fraction of sp³-hybridized carbons (Fsp3) is 0.462. The van der Waals surface area contributed by atoms with Crippen molar-refractivity contribution < 1.29 is 4.74 Å². The van der Waals surface area contributed by atoms with Gasteiger partial charge in [-0.2, -0.15) is 0 Å². The van der Waals surface area contributed by atoms with Gasteiger partial charge < -0.3 is 15.8 Å².